The summed E-state index contributed by atoms with van der Waals surface area (Å²) in [6.07, 6.45) is 1.18. The van der Waals surface area contributed by atoms with E-state index in [1.807, 2.05) is 6.92 Å². The fourth-order valence-electron chi connectivity index (χ4n) is 3.85. The largest absolute Gasteiger partial charge is 0.459 e. The fourth-order valence-corrected chi connectivity index (χ4v) is 6.42. The summed E-state index contributed by atoms with van der Waals surface area (Å²) in [5.41, 5.74) is -0.460. The zero-order chi connectivity index (χ0) is 15.4. The molecule has 0 amide bonds. The van der Waals surface area contributed by atoms with E-state index in [1.54, 1.807) is 0 Å². The maximum absolute atomic E-state index is 11.9. The molecular weight excluding hydrogens is 316 g/mol. The number of ether oxygens (including phenoxy) is 1. The number of hydrogen-bond acceptors (Lipinski definition) is 7. The topological polar surface area (TPSA) is 86.7 Å². The molecule has 0 aromatic carbocycles. The van der Waals surface area contributed by atoms with Crippen molar-refractivity contribution < 1.29 is 26.9 Å². The third kappa shape index (κ3) is 2.24. The van der Waals surface area contributed by atoms with Gasteiger partial charge in [0.25, 0.3) is 10.1 Å². The number of rotatable bonds is 4. The molecule has 1 aliphatic heterocycles. The highest BCUT2D eigenvalue weighted by atomic mass is 32.2. The Hall–Kier alpha value is -0.860. The van der Waals surface area contributed by atoms with E-state index in [0.717, 1.165) is 17.8 Å². The van der Waals surface area contributed by atoms with Gasteiger partial charge in [-0.3, -0.25) is 13.8 Å². The van der Waals surface area contributed by atoms with Gasteiger partial charge in [0.2, 0.25) is 5.12 Å². The quantitative estimate of drug-likeness (QED) is 0.429. The van der Waals surface area contributed by atoms with Crippen LogP contribution in [0.3, 0.4) is 0 Å². The molecule has 5 unspecified atom stereocenters. The zero-order valence-electron chi connectivity index (χ0n) is 11.5. The highest BCUT2D eigenvalue weighted by molar-refractivity contribution is 8.14. The van der Waals surface area contributed by atoms with E-state index in [-0.39, 0.29) is 16.8 Å². The van der Waals surface area contributed by atoms with Crippen LogP contribution in [0.15, 0.2) is 12.7 Å². The Morgan fingerprint density at radius 3 is 2.90 bits per heavy atom. The van der Waals surface area contributed by atoms with Crippen molar-refractivity contribution in [2.24, 2.45) is 11.3 Å². The summed E-state index contributed by atoms with van der Waals surface area (Å²) in [6.45, 7) is 5.21. The molecule has 6 nitrogen and oxygen atoms in total. The van der Waals surface area contributed by atoms with Crippen molar-refractivity contribution in [2.45, 2.75) is 37.2 Å². The maximum atomic E-state index is 11.9. The van der Waals surface area contributed by atoms with Gasteiger partial charge in [0.15, 0.2) is 0 Å². The Balaban J connectivity index is 1.68. The molecule has 3 rings (SSSR count). The molecule has 3 aliphatic rings. The second-order valence-electron chi connectivity index (χ2n) is 5.97. The van der Waals surface area contributed by atoms with Crippen LogP contribution in [0.25, 0.3) is 0 Å². The molecule has 2 bridgehead atoms. The van der Waals surface area contributed by atoms with E-state index < -0.39 is 39.0 Å². The highest BCUT2D eigenvalue weighted by Crippen LogP contribution is 2.63. The van der Waals surface area contributed by atoms with Crippen molar-refractivity contribution in [3.8, 4) is 0 Å². The van der Waals surface area contributed by atoms with Gasteiger partial charge in [0.1, 0.15) is 12.2 Å². The van der Waals surface area contributed by atoms with Crippen molar-refractivity contribution in [3.05, 3.63) is 12.7 Å². The normalized spacial score (nSPS) is 42.0. The summed E-state index contributed by atoms with van der Waals surface area (Å²) in [5.74, 6) is -0.611. The van der Waals surface area contributed by atoms with Gasteiger partial charge < -0.3 is 4.74 Å². The maximum Gasteiger partial charge on any atom is 0.316 e. The number of hydrogen-bond donors (Lipinski definition) is 0. The number of fused-ring (bicyclic) bond motifs is 1. The molecule has 3 fully saturated rings. The van der Waals surface area contributed by atoms with Gasteiger partial charge >= 0.3 is 5.97 Å². The lowest BCUT2D eigenvalue weighted by Gasteiger charge is -2.30. The number of carbonyl (C=O) groups is 2. The SMILES string of the molecule is C=CC(=O)SCC(=O)OC1C2CC3C(C)(C2)C1OS3(=O)=O. The minimum Gasteiger partial charge on any atom is -0.459 e. The molecule has 0 aromatic heterocycles. The number of esters is 1. The molecule has 0 radical (unpaired) electrons. The van der Waals surface area contributed by atoms with Crippen LogP contribution in [0.4, 0.5) is 0 Å². The third-order valence-electron chi connectivity index (χ3n) is 4.72. The van der Waals surface area contributed by atoms with E-state index in [0.29, 0.717) is 12.8 Å². The first-order valence-electron chi connectivity index (χ1n) is 6.69. The molecule has 2 saturated carbocycles. The first kappa shape index (κ1) is 15.1. The van der Waals surface area contributed by atoms with Gasteiger partial charge in [-0.15, -0.1) is 0 Å². The van der Waals surface area contributed by atoms with Crippen LogP contribution in [0, 0.1) is 11.3 Å². The molecular formula is C13H16O6S2. The predicted octanol–water partition coefficient (Wildman–Crippen LogP) is 0.871. The Kier molecular flexibility index (Phi) is 3.46. The van der Waals surface area contributed by atoms with Crippen LogP contribution in [0.2, 0.25) is 0 Å². The minimum absolute atomic E-state index is 0.0198. The molecule has 116 valence electrons. The lowest BCUT2D eigenvalue weighted by Crippen LogP contribution is -2.42. The Morgan fingerprint density at radius 1 is 1.52 bits per heavy atom. The van der Waals surface area contributed by atoms with Gasteiger partial charge in [-0.05, 0) is 18.9 Å². The first-order chi connectivity index (χ1) is 9.78. The molecule has 1 heterocycles. The van der Waals surface area contributed by atoms with Crippen LogP contribution in [0.5, 0.6) is 0 Å². The van der Waals surface area contributed by atoms with Crippen molar-refractivity contribution in [1.82, 2.24) is 0 Å². The van der Waals surface area contributed by atoms with Crippen molar-refractivity contribution in [1.29, 1.82) is 0 Å². The van der Waals surface area contributed by atoms with Crippen molar-refractivity contribution in [3.63, 3.8) is 0 Å². The van der Waals surface area contributed by atoms with Gasteiger partial charge in [-0.1, -0.05) is 25.3 Å². The molecule has 21 heavy (non-hydrogen) atoms. The van der Waals surface area contributed by atoms with E-state index in [1.165, 1.54) is 0 Å². The average molecular weight is 332 g/mol. The molecule has 2 aliphatic carbocycles. The first-order valence-corrected chi connectivity index (χ1v) is 9.14. The minimum atomic E-state index is -3.55. The Morgan fingerprint density at radius 2 is 2.24 bits per heavy atom. The lowest BCUT2D eigenvalue weighted by molar-refractivity contribution is -0.153. The molecule has 0 spiro atoms. The van der Waals surface area contributed by atoms with E-state index in [2.05, 4.69) is 6.58 Å². The molecule has 0 N–H and O–H groups in total. The van der Waals surface area contributed by atoms with Gasteiger partial charge in [0.05, 0.1) is 11.0 Å². The van der Waals surface area contributed by atoms with E-state index >= 15 is 0 Å². The number of carbonyl (C=O) groups excluding carboxylic acids is 2. The second kappa shape index (κ2) is 4.82. The van der Waals surface area contributed by atoms with Gasteiger partial charge in [0, 0.05) is 11.3 Å². The highest BCUT2D eigenvalue weighted by Gasteiger charge is 2.72. The van der Waals surface area contributed by atoms with Crippen LogP contribution in [-0.2, 0) is 28.6 Å². The molecule has 8 heteroatoms. The van der Waals surface area contributed by atoms with Gasteiger partial charge in [-0.25, -0.2) is 0 Å². The summed E-state index contributed by atoms with van der Waals surface area (Å²) in [7, 11) is -3.55. The fraction of sp³-hybridized carbons (Fsp3) is 0.692. The summed E-state index contributed by atoms with van der Waals surface area (Å²) >= 11 is 0.815. The van der Waals surface area contributed by atoms with E-state index in [9.17, 15) is 18.0 Å². The Bertz CT molecular complexity index is 612. The number of thioether (sulfide) groups is 1. The van der Waals surface area contributed by atoms with Crippen LogP contribution >= 0.6 is 11.8 Å². The molecule has 1 saturated heterocycles. The molecule has 5 atom stereocenters. The lowest BCUT2D eigenvalue weighted by atomic mass is 9.82. The Labute approximate surface area is 127 Å². The van der Waals surface area contributed by atoms with Crippen molar-refractivity contribution in [2.75, 3.05) is 5.75 Å². The van der Waals surface area contributed by atoms with E-state index in [4.69, 9.17) is 8.92 Å². The van der Waals surface area contributed by atoms with Crippen LogP contribution in [-0.4, -0.2) is 42.7 Å². The third-order valence-corrected chi connectivity index (χ3v) is 7.45. The summed E-state index contributed by atoms with van der Waals surface area (Å²) in [6, 6.07) is 0. The van der Waals surface area contributed by atoms with Crippen LogP contribution in [0.1, 0.15) is 19.8 Å². The van der Waals surface area contributed by atoms with Crippen LogP contribution < -0.4 is 0 Å². The summed E-state index contributed by atoms with van der Waals surface area (Å²) in [5, 5.41) is -0.779. The van der Waals surface area contributed by atoms with Crippen molar-refractivity contribution >= 4 is 33.0 Å². The summed E-state index contributed by atoms with van der Waals surface area (Å²) < 4.78 is 34.5. The predicted molar refractivity (Wildman–Crippen MR) is 76.0 cm³/mol. The second-order valence-corrected chi connectivity index (χ2v) is 8.70. The molecule has 0 aromatic rings. The zero-order valence-corrected chi connectivity index (χ0v) is 13.1. The van der Waals surface area contributed by atoms with Gasteiger partial charge in [-0.2, -0.15) is 8.42 Å². The smallest absolute Gasteiger partial charge is 0.316 e. The average Bonchev–Trinajstić information content (AvgIpc) is 2.92. The monoisotopic (exact) mass is 332 g/mol. The standard InChI is InChI=1S/C13H16O6S2/c1-3-10(15)20-6-9(14)18-11-7-4-8-13(2,5-7)12(11)19-21(8,16)17/h3,7-8,11-12H,1,4-6H2,2H3. The summed E-state index contributed by atoms with van der Waals surface area (Å²) in [4.78, 5) is 22.9.